The molecular formula is C17H31N3. The van der Waals surface area contributed by atoms with Gasteiger partial charge in [0.15, 0.2) is 0 Å². The van der Waals surface area contributed by atoms with Gasteiger partial charge in [0.1, 0.15) is 5.82 Å². The maximum absolute atomic E-state index is 4.82. The van der Waals surface area contributed by atoms with Crippen molar-refractivity contribution in [3.05, 3.63) is 23.4 Å². The van der Waals surface area contributed by atoms with Gasteiger partial charge in [-0.25, -0.2) is 4.98 Å². The molecule has 0 amide bonds. The highest BCUT2D eigenvalue weighted by Gasteiger charge is 2.11. The van der Waals surface area contributed by atoms with Gasteiger partial charge in [0, 0.05) is 31.4 Å². The van der Waals surface area contributed by atoms with E-state index in [1.165, 1.54) is 11.3 Å². The Bertz CT molecular complexity index is 401. The van der Waals surface area contributed by atoms with E-state index in [2.05, 4.69) is 64.0 Å². The summed E-state index contributed by atoms with van der Waals surface area (Å²) in [5.74, 6) is 1.10. The zero-order chi connectivity index (χ0) is 15.1. The summed E-state index contributed by atoms with van der Waals surface area (Å²) in [4.78, 5) is 7.11. The number of aromatic nitrogens is 1. The van der Waals surface area contributed by atoms with Crippen LogP contribution in [0.25, 0.3) is 0 Å². The van der Waals surface area contributed by atoms with Crippen LogP contribution in [0.1, 0.15) is 58.7 Å². The van der Waals surface area contributed by atoms with Gasteiger partial charge in [-0.05, 0) is 37.5 Å². The molecule has 0 radical (unpaired) electrons. The topological polar surface area (TPSA) is 28.2 Å². The Labute approximate surface area is 124 Å². The quantitative estimate of drug-likeness (QED) is 0.784. The SMILES string of the molecule is CCCc1cc(CNC(C)C)cc(N(C)C(C)CC)n1. The number of rotatable bonds is 8. The van der Waals surface area contributed by atoms with Crippen LogP contribution in [0.15, 0.2) is 12.1 Å². The van der Waals surface area contributed by atoms with Crippen molar-refractivity contribution in [1.29, 1.82) is 0 Å². The Kier molecular flexibility index (Phi) is 7.00. The fourth-order valence-corrected chi connectivity index (χ4v) is 2.12. The van der Waals surface area contributed by atoms with Crippen LogP contribution in [0.5, 0.6) is 0 Å². The van der Waals surface area contributed by atoms with E-state index in [0.717, 1.165) is 31.6 Å². The van der Waals surface area contributed by atoms with E-state index in [9.17, 15) is 0 Å². The number of hydrogen-bond acceptors (Lipinski definition) is 3. The summed E-state index contributed by atoms with van der Waals surface area (Å²) in [5, 5.41) is 3.49. The van der Waals surface area contributed by atoms with Gasteiger partial charge in [0.05, 0.1) is 0 Å². The molecule has 20 heavy (non-hydrogen) atoms. The highest BCUT2D eigenvalue weighted by Crippen LogP contribution is 2.18. The Hall–Kier alpha value is -1.09. The number of anilines is 1. The van der Waals surface area contributed by atoms with Crippen molar-refractivity contribution in [2.24, 2.45) is 0 Å². The van der Waals surface area contributed by atoms with Crippen molar-refractivity contribution in [3.8, 4) is 0 Å². The van der Waals surface area contributed by atoms with E-state index >= 15 is 0 Å². The first-order valence-electron chi connectivity index (χ1n) is 7.93. The minimum Gasteiger partial charge on any atom is -0.357 e. The number of nitrogens with one attached hydrogen (secondary N) is 1. The van der Waals surface area contributed by atoms with Crippen LogP contribution >= 0.6 is 0 Å². The summed E-state index contributed by atoms with van der Waals surface area (Å²) < 4.78 is 0. The molecule has 1 atom stereocenters. The third kappa shape index (κ3) is 5.12. The van der Waals surface area contributed by atoms with Gasteiger partial charge in [0.25, 0.3) is 0 Å². The smallest absolute Gasteiger partial charge is 0.129 e. The van der Waals surface area contributed by atoms with E-state index in [1.54, 1.807) is 0 Å². The van der Waals surface area contributed by atoms with Gasteiger partial charge in [0.2, 0.25) is 0 Å². The number of aryl methyl sites for hydroxylation is 1. The van der Waals surface area contributed by atoms with Crippen molar-refractivity contribution < 1.29 is 0 Å². The Morgan fingerprint density at radius 2 is 1.90 bits per heavy atom. The predicted octanol–water partition coefficient (Wildman–Crippen LogP) is 3.77. The lowest BCUT2D eigenvalue weighted by Crippen LogP contribution is -2.29. The Morgan fingerprint density at radius 3 is 2.45 bits per heavy atom. The molecule has 0 aliphatic heterocycles. The second kappa shape index (κ2) is 8.25. The maximum atomic E-state index is 4.82. The van der Waals surface area contributed by atoms with Crippen LogP contribution in [0, 0.1) is 0 Å². The molecule has 1 aromatic heterocycles. The fourth-order valence-electron chi connectivity index (χ4n) is 2.12. The van der Waals surface area contributed by atoms with Crippen molar-refractivity contribution in [2.45, 2.75) is 72.5 Å². The first-order valence-corrected chi connectivity index (χ1v) is 7.93. The molecule has 0 aromatic carbocycles. The Balaban J connectivity index is 2.97. The molecule has 3 nitrogen and oxygen atoms in total. The molecule has 1 unspecified atom stereocenters. The minimum atomic E-state index is 0.508. The van der Waals surface area contributed by atoms with Crippen molar-refractivity contribution in [2.75, 3.05) is 11.9 Å². The highest BCUT2D eigenvalue weighted by atomic mass is 15.2. The molecule has 0 spiro atoms. The van der Waals surface area contributed by atoms with E-state index in [-0.39, 0.29) is 0 Å². The van der Waals surface area contributed by atoms with Gasteiger partial charge < -0.3 is 10.2 Å². The third-order valence-electron chi connectivity index (χ3n) is 3.76. The molecule has 1 rings (SSSR count). The van der Waals surface area contributed by atoms with Crippen LogP contribution in [-0.4, -0.2) is 24.1 Å². The molecule has 1 heterocycles. The predicted molar refractivity (Wildman–Crippen MR) is 88.4 cm³/mol. The highest BCUT2D eigenvalue weighted by molar-refractivity contribution is 5.43. The summed E-state index contributed by atoms with van der Waals surface area (Å²) in [6, 6.07) is 5.49. The van der Waals surface area contributed by atoms with Crippen LogP contribution in [0.3, 0.4) is 0 Å². The molecule has 0 saturated carbocycles. The zero-order valence-corrected chi connectivity index (χ0v) is 14.0. The van der Waals surface area contributed by atoms with Crippen molar-refractivity contribution >= 4 is 5.82 Å². The summed E-state index contributed by atoms with van der Waals surface area (Å²) in [6.07, 6.45) is 3.33. The van der Waals surface area contributed by atoms with Crippen molar-refractivity contribution in [3.63, 3.8) is 0 Å². The minimum absolute atomic E-state index is 0.508. The first kappa shape index (κ1) is 17.0. The largest absolute Gasteiger partial charge is 0.357 e. The van der Waals surface area contributed by atoms with E-state index < -0.39 is 0 Å². The zero-order valence-electron chi connectivity index (χ0n) is 14.0. The van der Waals surface area contributed by atoms with Crippen LogP contribution in [0.2, 0.25) is 0 Å². The molecule has 114 valence electrons. The molecular weight excluding hydrogens is 246 g/mol. The Morgan fingerprint density at radius 1 is 1.20 bits per heavy atom. The monoisotopic (exact) mass is 277 g/mol. The average Bonchev–Trinajstić information content (AvgIpc) is 2.43. The van der Waals surface area contributed by atoms with E-state index in [1.807, 2.05) is 0 Å². The molecule has 0 bridgehead atoms. The lowest BCUT2D eigenvalue weighted by atomic mass is 10.1. The second-order valence-corrected chi connectivity index (χ2v) is 5.98. The van der Waals surface area contributed by atoms with Gasteiger partial charge in [-0.1, -0.05) is 34.1 Å². The van der Waals surface area contributed by atoms with E-state index in [0.29, 0.717) is 12.1 Å². The van der Waals surface area contributed by atoms with E-state index in [4.69, 9.17) is 4.98 Å². The van der Waals surface area contributed by atoms with Crippen LogP contribution in [-0.2, 0) is 13.0 Å². The van der Waals surface area contributed by atoms with Crippen LogP contribution < -0.4 is 10.2 Å². The molecule has 3 heteroatoms. The standard InChI is InChI=1S/C17H31N3/c1-7-9-16-10-15(12-18-13(3)4)11-17(19-16)20(6)14(5)8-2/h10-11,13-14,18H,7-9,12H2,1-6H3. The second-order valence-electron chi connectivity index (χ2n) is 5.98. The normalized spacial score (nSPS) is 12.8. The summed E-state index contributed by atoms with van der Waals surface area (Å²) in [5.41, 5.74) is 2.54. The molecule has 0 aliphatic rings. The lowest BCUT2D eigenvalue weighted by molar-refractivity contribution is 0.587. The maximum Gasteiger partial charge on any atom is 0.129 e. The van der Waals surface area contributed by atoms with Gasteiger partial charge >= 0.3 is 0 Å². The van der Waals surface area contributed by atoms with Crippen LogP contribution in [0.4, 0.5) is 5.82 Å². The van der Waals surface area contributed by atoms with Gasteiger partial charge in [-0.3, -0.25) is 0 Å². The first-order chi connectivity index (χ1) is 9.47. The summed E-state index contributed by atoms with van der Waals surface area (Å²) >= 11 is 0. The molecule has 0 fully saturated rings. The molecule has 0 saturated heterocycles. The van der Waals surface area contributed by atoms with Crippen molar-refractivity contribution in [1.82, 2.24) is 10.3 Å². The molecule has 1 aromatic rings. The van der Waals surface area contributed by atoms with Gasteiger partial charge in [-0.15, -0.1) is 0 Å². The molecule has 0 aliphatic carbocycles. The number of pyridine rings is 1. The lowest BCUT2D eigenvalue weighted by Gasteiger charge is -2.26. The number of nitrogens with zero attached hydrogens (tertiary/aromatic N) is 2. The molecule has 1 N–H and O–H groups in total. The number of hydrogen-bond donors (Lipinski definition) is 1. The van der Waals surface area contributed by atoms with Gasteiger partial charge in [-0.2, -0.15) is 0 Å². The summed E-state index contributed by atoms with van der Waals surface area (Å²) in [7, 11) is 2.14. The summed E-state index contributed by atoms with van der Waals surface area (Å²) in [6.45, 7) is 12.0. The fraction of sp³-hybridized carbons (Fsp3) is 0.706. The third-order valence-corrected chi connectivity index (χ3v) is 3.76. The average molecular weight is 277 g/mol.